The van der Waals surface area contributed by atoms with E-state index < -0.39 is 0 Å². The molecule has 0 aromatic rings. The first-order chi connectivity index (χ1) is 7.36. The molecule has 0 aromatic carbocycles. The van der Waals surface area contributed by atoms with Crippen LogP contribution in [0.4, 0.5) is 0 Å². The minimum atomic E-state index is 0.230. The van der Waals surface area contributed by atoms with Crippen LogP contribution in [0.5, 0.6) is 0 Å². The molecule has 0 radical (unpaired) electrons. The van der Waals surface area contributed by atoms with Crippen molar-refractivity contribution in [2.45, 2.75) is 31.8 Å². The fraction of sp³-hybridized carbons (Fsp3) is 0.833. The molecule has 1 N–H and O–H groups in total. The number of hydrogen-bond donors (Lipinski definition) is 1. The molecular weight excluding hydrogens is 190 g/mol. The second-order valence-electron chi connectivity index (χ2n) is 4.09. The summed E-state index contributed by atoms with van der Waals surface area (Å²) in [6.07, 6.45) is 7.13. The third-order valence-corrected chi connectivity index (χ3v) is 2.83. The summed E-state index contributed by atoms with van der Waals surface area (Å²) in [5, 5.41) is 8.87. The standard InChI is InChI=1S/C12H23NO2/c1-2-7-13(9-10-14)8-3-5-12-6-4-11-15-12/h2,12,14H,1,3-11H2. The number of aliphatic hydroxyl groups is 1. The summed E-state index contributed by atoms with van der Waals surface area (Å²) in [6, 6.07) is 0. The van der Waals surface area contributed by atoms with Crippen LogP contribution in [-0.4, -0.2) is 49.0 Å². The zero-order valence-corrected chi connectivity index (χ0v) is 9.53. The van der Waals surface area contributed by atoms with Crippen LogP contribution in [0.2, 0.25) is 0 Å². The SMILES string of the molecule is C=CCN(CCO)CCCC1CCCO1. The Labute approximate surface area is 92.7 Å². The molecule has 3 nitrogen and oxygen atoms in total. The predicted molar refractivity (Wildman–Crippen MR) is 61.9 cm³/mol. The van der Waals surface area contributed by atoms with Crippen LogP contribution in [0.25, 0.3) is 0 Å². The van der Waals surface area contributed by atoms with Gasteiger partial charge in [0.25, 0.3) is 0 Å². The summed E-state index contributed by atoms with van der Waals surface area (Å²) >= 11 is 0. The molecule has 1 aliphatic heterocycles. The van der Waals surface area contributed by atoms with Gasteiger partial charge in [-0.15, -0.1) is 6.58 Å². The van der Waals surface area contributed by atoms with E-state index in [4.69, 9.17) is 9.84 Å². The molecule has 1 atom stereocenters. The highest BCUT2D eigenvalue weighted by Crippen LogP contribution is 2.16. The summed E-state index contributed by atoms with van der Waals surface area (Å²) in [6.45, 7) is 7.54. The fourth-order valence-corrected chi connectivity index (χ4v) is 2.03. The van der Waals surface area contributed by atoms with E-state index in [9.17, 15) is 0 Å². The summed E-state index contributed by atoms with van der Waals surface area (Å²) in [5.74, 6) is 0. The molecule has 3 heteroatoms. The molecule has 88 valence electrons. The molecule has 15 heavy (non-hydrogen) atoms. The van der Waals surface area contributed by atoms with E-state index in [1.165, 1.54) is 12.8 Å². The van der Waals surface area contributed by atoms with Gasteiger partial charge < -0.3 is 9.84 Å². The van der Waals surface area contributed by atoms with Gasteiger partial charge in [-0.05, 0) is 32.2 Å². The van der Waals surface area contributed by atoms with Crippen molar-refractivity contribution in [3.8, 4) is 0 Å². The fourth-order valence-electron chi connectivity index (χ4n) is 2.03. The van der Waals surface area contributed by atoms with Crippen molar-refractivity contribution in [2.75, 3.05) is 32.8 Å². The van der Waals surface area contributed by atoms with Crippen LogP contribution in [0, 0.1) is 0 Å². The molecule has 1 heterocycles. The maximum atomic E-state index is 8.87. The van der Waals surface area contributed by atoms with Gasteiger partial charge in [-0.2, -0.15) is 0 Å². The lowest BCUT2D eigenvalue weighted by atomic mass is 10.1. The van der Waals surface area contributed by atoms with E-state index >= 15 is 0 Å². The number of rotatable bonds is 8. The maximum absolute atomic E-state index is 8.87. The average molecular weight is 213 g/mol. The van der Waals surface area contributed by atoms with Crippen molar-refractivity contribution in [1.29, 1.82) is 0 Å². The van der Waals surface area contributed by atoms with Crippen LogP contribution in [0.15, 0.2) is 12.7 Å². The molecule has 0 aromatic heterocycles. The second-order valence-corrected chi connectivity index (χ2v) is 4.09. The molecule has 0 spiro atoms. The number of nitrogens with zero attached hydrogens (tertiary/aromatic N) is 1. The van der Waals surface area contributed by atoms with Crippen LogP contribution in [0.1, 0.15) is 25.7 Å². The van der Waals surface area contributed by atoms with Crippen LogP contribution in [-0.2, 0) is 4.74 Å². The molecule has 1 fully saturated rings. The summed E-state index contributed by atoms with van der Waals surface area (Å²) < 4.78 is 5.57. The third kappa shape index (κ3) is 5.30. The minimum absolute atomic E-state index is 0.230. The van der Waals surface area contributed by atoms with Crippen molar-refractivity contribution < 1.29 is 9.84 Å². The van der Waals surface area contributed by atoms with E-state index in [0.717, 1.165) is 39.1 Å². The van der Waals surface area contributed by atoms with Gasteiger partial charge in [0.2, 0.25) is 0 Å². The Bertz CT molecular complexity index is 167. The number of hydrogen-bond acceptors (Lipinski definition) is 3. The van der Waals surface area contributed by atoms with Crippen molar-refractivity contribution >= 4 is 0 Å². The van der Waals surface area contributed by atoms with Gasteiger partial charge in [0, 0.05) is 19.7 Å². The summed E-state index contributed by atoms with van der Waals surface area (Å²) in [7, 11) is 0. The molecular formula is C12H23NO2. The second kappa shape index (κ2) is 7.85. The molecule has 0 bridgehead atoms. The van der Waals surface area contributed by atoms with Crippen molar-refractivity contribution in [3.63, 3.8) is 0 Å². The molecule has 1 aliphatic rings. The van der Waals surface area contributed by atoms with E-state index in [2.05, 4.69) is 11.5 Å². The molecule has 0 aliphatic carbocycles. The first-order valence-corrected chi connectivity index (χ1v) is 5.92. The van der Waals surface area contributed by atoms with Crippen LogP contribution < -0.4 is 0 Å². The number of ether oxygens (including phenoxy) is 1. The molecule has 1 saturated heterocycles. The van der Waals surface area contributed by atoms with Crippen molar-refractivity contribution in [2.24, 2.45) is 0 Å². The maximum Gasteiger partial charge on any atom is 0.0576 e. The van der Waals surface area contributed by atoms with Gasteiger partial charge in [-0.3, -0.25) is 4.90 Å². The smallest absolute Gasteiger partial charge is 0.0576 e. The summed E-state index contributed by atoms with van der Waals surface area (Å²) in [5.41, 5.74) is 0. The molecule has 0 amide bonds. The highest BCUT2D eigenvalue weighted by molar-refractivity contribution is 4.74. The van der Waals surface area contributed by atoms with Gasteiger partial charge in [0.1, 0.15) is 0 Å². The van der Waals surface area contributed by atoms with Crippen molar-refractivity contribution in [3.05, 3.63) is 12.7 Å². The van der Waals surface area contributed by atoms with Crippen LogP contribution >= 0.6 is 0 Å². The largest absolute Gasteiger partial charge is 0.395 e. The highest BCUT2D eigenvalue weighted by atomic mass is 16.5. The topological polar surface area (TPSA) is 32.7 Å². The van der Waals surface area contributed by atoms with E-state index in [1.807, 2.05) is 6.08 Å². The Morgan fingerprint density at radius 1 is 1.47 bits per heavy atom. The first-order valence-electron chi connectivity index (χ1n) is 5.92. The molecule has 1 unspecified atom stereocenters. The Kier molecular flexibility index (Phi) is 6.64. The predicted octanol–water partition coefficient (Wildman–Crippen LogP) is 1.43. The lowest BCUT2D eigenvalue weighted by Gasteiger charge is -2.20. The van der Waals surface area contributed by atoms with Gasteiger partial charge in [-0.1, -0.05) is 6.08 Å². The average Bonchev–Trinajstić information content (AvgIpc) is 2.71. The minimum Gasteiger partial charge on any atom is -0.395 e. The van der Waals surface area contributed by atoms with Gasteiger partial charge in [0.15, 0.2) is 0 Å². The van der Waals surface area contributed by atoms with E-state index in [1.54, 1.807) is 0 Å². The Morgan fingerprint density at radius 2 is 2.33 bits per heavy atom. The zero-order valence-electron chi connectivity index (χ0n) is 9.53. The first kappa shape index (κ1) is 12.7. The zero-order chi connectivity index (χ0) is 10.9. The Hall–Kier alpha value is -0.380. The third-order valence-electron chi connectivity index (χ3n) is 2.83. The molecule has 0 saturated carbocycles. The lowest BCUT2D eigenvalue weighted by Crippen LogP contribution is -2.28. The quantitative estimate of drug-likeness (QED) is 0.619. The van der Waals surface area contributed by atoms with Crippen LogP contribution in [0.3, 0.4) is 0 Å². The normalized spacial score (nSPS) is 21.1. The Morgan fingerprint density at radius 3 is 2.93 bits per heavy atom. The summed E-state index contributed by atoms with van der Waals surface area (Å²) in [4.78, 5) is 2.22. The highest BCUT2D eigenvalue weighted by Gasteiger charge is 2.15. The lowest BCUT2D eigenvalue weighted by molar-refractivity contribution is 0.0982. The van der Waals surface area contributed by atoms with Gasteiger partial charge >= 0.3 is 0 Å². The monoisotopic (exact) mass is 213 g/mol. The Balaban J connectivity index is 2.06. The molecule has 1 rings (SSSR count). The van der Waals surface area contributed by atoms with E-state index in [0.29, 0.717) is 6.10 Å². The van der Waals surface area contributed by atoms with Gasteiger partial charge in [-0.25, -0.2) is 0 Å². The van der Waals surface area contributed by atoms with E-state index in [-0.39, 0.29) is 6.61 Å². The van der Waals surface area contributed by atoms with Gasteiger partial charge in [0.05, 0.1) is 12.7 Å². The van der Waals surface area contributed by atoms with Crippen molar-refractivity contribution in [1.82, 2.24) is 4.90 Å². The number of aliphatic hydroxyl groups excluding tert-OH is 1.